The number of pyridine rings is 1. The Labute approximate surface area is 190 Å². The summed E-state index contributed by atoms with van der Waals surface area (Å²) >= 11 is 5.81. The lowest BCUT2D eigenvalue weighted by atomic mass is 9.98. The first kappa shape index (κ1) is 21.4. The SMILES string of the molecule is CC(C)Oc1ccc(N2C(=S)N[C@H](c3ccccn3)[C@H]2c2ccn(C(C)(C)C)c2)cc1. The van der Waals surface area contributed by atoms with E-state index in [2.05, 4.69) is 77.2 Å². The third kappa shape index (κ3) is 4.44. The molecule has 1 saturated heterocycles. The molecule has 1 aliphatic heterocycles. The maximum atomic E-state index is 5.82. The van der Waals surface area contributed by atoms with E-state index >= 15 is 0 Å². The van der Waals surface area contributed by atoms with Crippen LogP contribution in [0, 0.1) is 0 Å². The van der Waals surface area contributed by atoms with Crippen LogP contribution in [0.1, 0.15) is 58.0 Å². The molecule has 3 aromatic rings. The van der Waals surface area contributed by atoms with Gasteiger partial charge in [0.15, 0.2) is 5.11 Å². The van der Waals surface area contributed by atoms with E-state index < -0.39 is 0 Å². The van der Waals surface area contributed by atoms with Crippen molar-refractivity contribution in [1.82, 2.24) is 14.9 Å². The van der Waals surface area contributed by atoms with Crippen molar-refractivity contribution in [2.24, 2.45) is 0 Å². The van der Waals surface area contributed by atoms with Gasteiger partial charge in [-0.3, -0.25) is 4.98 Å². The zero-order chi connectivity index (χ0) is 22.2. The van der Waals surface area contributed by atoms with E-state index in [4.69, 9.17) is 17.0 Å². The van der Waals surface area contributed by atoms with Crippen LogP contribution in [0.4, 0.5) is 5.69 Å². The van der Waals surface area contributed by atoms with Gasteiger partial charge in [0.25, 0.3) is 0 Å². The predicted octanol–water partition coefficient (Wildman–Crippen LogP) is 5.60. The molecule has 1 aliphatic rings. The number of rotatable bonds is 5. The smallest absolute Gasteiger partial charge is 0.174 e. The maximum absolute atomic E-state index is 5.82. The Hall–Kier alpha value is -2.86. The van der Waals surface area contributed by atoms with Crippen molar-refractivity contribution in [1.29, 1.82) is 0 Å². The molecular weight excluding hydrogens is 404 g/mol. The Bertz CT molecular complexity index is 1040. The Balaban J connectivity index is 1.75. The van der Waals surface area contributed by atoms with Gasteiger partial charge in [-0.05, 0) is 94.9 Å². The Kier molecular flexibility index (Phi) is 5.75. The highest BCUT2D eigenvalue weighted by Gasteiger charge is 2.41. The van der Waals surface area contributed by atoms with E-state index in [-0.39, 0.29) is 23.7 Å². The number of nitrogens with zero attached hydrogens (tertiary/aromatic N) is 3. The van der Waals surface area contributed by atoms with E-state index in [1.807, 2.05) is 44.3 Å². The summed E-state index contributed by atoms with van der Waals surface area (Å²) in [6, 6.07) is 16.3. The van der Waals surface area contributed by atoms with Crippen molar-refractivity contribution in [2.75, 3.05) is 4.90 Å². The van der Waals surface area contributed by atoms with Gasteiger partial charge in [0.05, 0.1) is 23.9 Å². The van der Waals surface area contributed by atoms with Gasteiger partial charge in [-0.2, -0.15) is 0 Å². The van der Waals surface area contributed by atoms with Crippen LogP contribution in [0.25, 0.3) is 0 Å². The minimum Gasteiger partial charge on any atom is -0.491 e. The highest BCUT2D eigenvalue weighted by Crippen LogP contribution is 2.42. The van der Waals surface area contributed by atoms with Crippen LogP contribution in [-0.4, -0.2) is 20.8 Å². The lowest BCUT2D eigenvalue weighted by Crippen LogP contribution is -2.29. The standard InChI is InChI=1S/C25H30N4OS/c1-17(2)30-20-11-9-19(10-12-20)29-23(18-13-15-28(16-18)25(3,4)5)22(27-24(29)31)21-8-6-7-14-26-21/h6-17,22-23H,1-5H3,(H,27,31)/t22-,23-/m1/s1. The molecule has 6 heteroatoms. The fourth-order valence-electron chi connectivity index (χ4n) is 3.93. The van der Waals surface area contributed by atoms with Crippen LogP contribution >= 0.6 is 12.2 Å². The Morgan fingerprint density at radius 3 is 2.39 bits per heavy atom. The molecule has 31 heavy (non-hydrogen) atoms. The molecule has 2 aromatic heterocycles. The minimum atomic E-state index is -0.0453. The molecule has 3 heterocycles. The lowest BCUT2D eigenvalue weighted by Gasteiger charge is -2.28. The van der Waals surface area contributed by atoms with Crippen molar-refractivity contribution in [3.8, 4) is 5.75 Å². The van der Waals surface area contributed by atoms with Crippen molar-refractivity contribution < 1.29 is 4.74 Å². The molecule has 0 spiro atoms. The van der Waals surface area contributed by atoms with E-state index in [1.54, 1.807) is 0 Å². The molecule has 0 saturated carbocycles. The Morgan fingerprint density at radius 1 is 1.06 bits per heavy atom. The largest absolute Gasteiger partial charge is 0.491 e. The first-order valence-corrected chi connectivity index (χ1v) is 11.1. The van der Waals surface area contributed by atoms with Crippen molar-refractivity contribution in [3.05, 3.63) is 78.4 Å². The number of anilines is 1. The van der Waals surface area contributed by atoms with Crippen LogP contribution in [0.3, 0.4) is 0 Å². The molecule has 1 N–H and O–H groups in total. The minimum absolute atomic E-state index is 0.00590. The number of benzene rings is 1. The fraction of sp³-hybridized carbons (Fsp3) is 0.360. The summed E-state index contributed by atoms with van der Waals surface area (Å²) in [4.78, 5) is 6.82. The highest BCUT2D eigenvalue weighted by atomic mass is 32.1. The van der Waals surface area contributed by atoms with Gasteiger partial charge in [-0.1, -0.05) is 6.07 Å². The van der Waals surface area contributed by atoms with Crippen LogP contribution in [0.2, 0.25) is 0 Å². The van der Waals surface area contributed by atoms with Crippen LogP contribution in [0.15, 0.2) is 67.1 Å². The number of ether oxygens (including phenoxy) is 1. The number of thiocarbonyl (C=S) groups is 1. The second kappa shape index (κ2) is 8.35. The third-order valence-corrected chi connectivity index (χ3v) is 5.73. The topological polar surface area (TPSA) is 42.3 Å². The quantitative estimate of drug-likeness (QED) is 0.529. The van der Waals surface area contributed by atoms with Gasteiger partial charge in [-0.25, -0.2) is 0 Å². The van der Waals surface area contributed by atoms with Gasteiger partial charge in [0, 0.05) is 29.8 Å². The summed E-state index contributed by atoms with van der Waals surface area (Å²) in [5.41, 5.74) is 3.20. The van der Waals surface area contributed by atoms with E-state index in [0.717, 1.165) is 17.1 Å². The number of hydrogen-bond acceptors (Lipinski definition) is 3. The molecule has 0 radical (unpaired) electrons. The highest BCUT2D eigenvalue weighted by molar-refractivity contribution is 7.80. The first-order valence-electron chi connectivity index (χ1n) is 10.7. The van der Waals surface area contributed by atoms with Gasteiger partial charge in [-0.15, -0.1) is 0 Å². The molecule has 4 rings (SSSR count). The van der Waals surface area contributed by atoms with Gasteiger partial charge in [0.2, 0.25) is 0 Å². The molecule has 1 fully saturated rings. The van der Waals surface area contributed by atoms with E-state index in [9.17, 15) is 0 Å². The van der Waals surface area contributed by atoms with Crippen molar-refractivity contribution in [3.63, 3.8) is 0 Å². The second-order valence-electron chi connectivity index (χ2n) is 9.18. The summed E-state index contributed by atoms with van der Waals surface area (Å²) in [6.45, 7) is 10.7. The van der Waals surface area contributed by atoms with E-state index in [1.165, 1.54) is 5.56 Å². The lowest BCUT2D eigenvalue weighted by molar-refractivity contribution is 0.242. The number of aromatic nitrogens is 2. The van der Waals surface area contributed by atoms with Crippen LogP contribution in [-0.2, 0) is 5.54 Å². The van der Waals surface area contributed by atoms with E-state index in [0.29, 0.717) is 5.11 Å². The normalized spacial score (nSPS) is 19.0. The summed E-state index contributed by atoms with van der Waals surface area (Å²) in [6.07, 6.45) is 6.33. The molecule has 0 aliphatic carbocycles. The molecule has 2 atom stereocenters. The van der Waals surface area contributed by atoms with Crippen LogP contribution < -0.4 is 15.0 Å². The molecule has 5 nitrogen and oxygen atoms in total. The molecule has 0 bridgehead atoms. The van der Waals surface area contributed by atoms with Gasteiger partial charge < -0.3 is 19.5 Å². The second-order valence-corrected chi connectivity index (χ2v) is 9.57. The molecule has 0 unspecified atom stereocenters. The number of hydrogen-bond donors (Lipinski definition) is 1. The third-order valence-electron chi connectivity index (χ3n) is 5.42. The summed E-state index contributed by atoms with van der Waals surface area (Å²) in [5, 5.41) is 4.21. The molecule has 0 amide bonds. The molecular formula is C25H30N4OS. The number of nitrogens with one attached hydrogen (secondary N) is 1. The summed E-state index contributed by atoms with van der Waals surface area (Å²) in [7, 11) is 0. The van der Waals surface area contributed by atoms with Crippen molar-refractivity contribution >= 4 is 23.0 Å². The summed E-state index contributed by atoms with van der Waals surface area (Å²) in [5.74, 6) is 0.855. The monoisotopic (exact) mass is 434 g/mol. The fourth-order valence-corrected chi connectivity index (χ4v) is 4.28. The summed E-state index contributed by atoms with van der Waals surface area (Å²) < 4.78 is 8.07. The average molecular weight is 435 g/mol. The Morgan fingerprint density at radius 2 is 1.81 bits per heavy atom. The average Bonchev–Trinajstić information content (AvgIpc) is 3.33. The first-order chi connectivity index (χ1) is 14.7. The molecule has 1 aromatic carbocycles. The van der Waals surface area contributed by atoms with Gasteiger partial charge in [0.1, 0.15) is 5.75 Å². The van der Waals surface area contributed by atoms with Crippen LogP contribution in [0.5, 0.6) is 5.75 Å². The zero-order valence-corrected chi connectivity index (χ0v) is 19.6. The molecule has 162 valence electrons. The zero-order valence-electron chi connectivity index (χ0n) is 18.7. The van der Waals surface area contributed by atoms with Crippen molar-refractivity contribution in [2.45, 2.75) is 58.3 Å². The maximum Gasteiger partial charge on any atom is 0.174 e. The predicted molar refractivity (Wildman–Crippen MR) is 130 cm³/mol. The van der Waals surface area contributed by atoms with Gasteiger partial charge >= 0.3 is 0 Å².